The number of hydrogen-bond acceptors (Lipinski definition) is 6. The lowest BCUT2D eigenvalue weighted by molar-refractivity contribution is 0.102. The van der Waals surface area contributed by atoms with E-state index in [0.717, 1.165) is 0 Å². The van der Waals surface area contributed by atoms with Crippen molar-refractivity contribution in [3.63, 3.8) is 0 Å². The Morgan fingerprint density at radius 3 is 2.50 bits per heavy atom. The van der Waals surface area contributed by atoms with Gasteiger partial charge in [-0.15, -0.1) is 5.10 Å². The summed E-state index contributed by atoms with van der Waals surface area (Å²) in [7, 11) is 0. The zero-order chi connectivity index (χ0) is 21.3. The number of fused-ring (bicyclic) bond motifs is 1. The van der Waals surface area contributed by atoms with Gasteiger partial charge in [0.2, 0.25) is 0 Å². The second-order valence-corrected chi connectivity index (χ2v) is 7.07. The van der Waals surface area contributed by atoms with Crippen LogP contribution in [0.25, 0.3) is 16.5 Å². The first-order chi connectivity index (χ1) is 14.5. The van der Waals surface area contributed by atoms with Gasteiger partial charge in [-0.2, -0.15) is 9.78 Å². The quantitative estimate of drug-likeness (QED) is 0.549. The topological polar surface area (TPSA) is 108 Å². The fourth-order valence-electron chi connectivity index (χ4n) is 3.28. The van der Waals surface area contributed by atoms with Crippen LogP contribution >= 0.6 is 0 Å². The Kier molecular flexibility index (Phi) is 5.09. The molecule has 2 heterocycles. The summed E-state index contributed by atoms with van der Waals surface area (Å²) in [6.07, 6.45) is 0.640. The summed E-state index contributed by atoms with van der Waals surface area (Å²) < 4.78 is 2.93. The summed E-state index contributed by atoms with van der Waals surface area (Å²) in [5.41, 5.74) is 1.15. The molecule has 0 aliphatic heterocycles. The van der Waals surface area contributed by atoms with Crippen LogP contribution in [0.3, 0.4) is 0 Å². The van der Waals surface area contributed by atoms with Crippen LogP contribution < -0.4 is 10.9 Å². The summed E-state index contributed by atoms with van der Waals surface area (Å²) in [6.45, 7) is 5.66. The van der Waals surface area contributed by atoms with Gasteiger partial charge in [0.1, 0.15) is 0 Å². The van der Waals surface area contributed by atoms with Gasteiger partial charge >= 0.3 is 0 Å². The molecule has 4 aromatic rings. The van der Waals surface area contributed by atoms with Gasteiger partial charge in [-0.25, -0.2) is 4.68 Å². The van der Waals surface area contributed by atoms with Crippen LogP contribution in [-0.2, 0) is 6.42 Å². The van der Waals surface area contributed by atoms with Crippen molar-refractivity contribution in [3.05, 3.63) is 70.4 Å². The molecule has 0 bridgehead atoms. The first kappa shape index (κ1) is 19.4. The molecule has 0 aliphatic carbocycles. The van der Waals surface area contributed by atoms with Crippen LogP contribution in [0.1, 0.15) is 43.1 Å². The van der Waals surface area contributed by atoms with E-state index < -0.39 is 5.91 Å². The number of rotatable bonds is 5. The Balaban J connectivity index is 1.81. The molecular weight excluding hydrogens is 382 g/mol. The fourth-order valence-corrected chi connectivity index (χ4v) is 3.28. The average Bonchev–Trinajstić information content (AvgIpc) is 3.23. The molecule has 0 aliphatic rings. The molecule has 0 radical (unpaired) electrons. The number of nitrogens with zero attached hydrogens (tertiary/aromatic N) is 6. The number of amides is 1. The van der Waals surface area contributed by atoms with Crippen LogP contribution in [0, 0.1) is 0 Å². The summed E-state index contributed by atoms with van der Waals surface area (Å²) in [5, 5.41) is 20.0. The molecule has 0 atom stereocenters. The van der Waals surface area contributed by atoms with Gasteiger partial charge in [0.05, 0.1) is 22.8 Å². The minimum Gasteiger partial charge on any atom is -0.319 e. The van der Waals surface area contributed by atoms with Crippen molar-refractivity contribution in [2.75, 3.05) is 5.32 Å². The maximum atomic E-state index is 13.2. The Morgan fingerprint density at radius 1 is 1.07 bits per heavy atom. The summed E-state index contributed by atoms with van der Waals surface area (Å²) in [4.78, 5) is 26.0. The summed E-state index contributed by atoms with van der Waals surface area (Å²) in [6, 6.07) is 14.1. The molecule has 1 N–H and O–H groups in total. The van der Waals surface area contributed by atoms with E-state index in [1.807, 2.05) is 39.0 Å². The molecule has 30 heavy (non-hydrogen) atoms. The third kappa shape index (κ3) is 3.34. The Morgan fingerprint density at radius 2 is 1.77 bits per heavy atom. The van der Waals surface area contributed by atoms with E-state index in [2.05, 4.69) is 25.9 Å². The van der Waals surface area contributed by atoms with Gasteiger partial charge in [0.15, 0.2) is 11.5 Å². The highest BCUT2D eigenvalue weighted by Crippen LogP contribution is 2.22. The predicted octanol–water partition coefficient (Wildman–Crippen LogP) is 2.77. The molecule has 2 aromatic heterocycles. The lowest BCUT2D eigenvalue weighted by atomic mass is 10.1. The van der Waals surface area contributed by atoms with E-state index >= 15 is 0 Å². The lowest BCUT2D eigenvalue weighted by Gasteiger charge is -2.15. The highest BCUT2D eigenvalue weighted by molar-refractivity contribution is 6.11. The number of carbonyl (C=O) groups excluding carboxylic acids is 1. The van der Waals surface area contributed by atoms with Gasteiger partial charge in [0, 0.05) is 11.8 Å². The number of aromatic nitrogens is 6. The lowest BCUT2D eigenvalue weighted by Crippen LogP contribution is -2.29. The summed E-state index contributed by atoms with van der Waals surface area (Å²) in [5.74, 6) is 0.257. The van der Waals surface area contributed by atoms with Crippen molar-refractivity contribution >= 4 is 22.4 Å². The molecule has 9 heteroatoms. The maximum Gasteiger partial charge on any atom is 0.276 e. The van der Waals surface area contributed by atoms with Gasteiger partial charge in [0.25, 0.3) is 11.5 Å². The van der Waals surface area contributed by atoms with E-state index in [4.69, 9.17) is 0 Å². The Hall–Kier alpha value is -3.88. The smallest absolute Gasteiger partial charge is 0.276 e. The predicted molar refractivity (Wildman–Crippen MR) is 113 cm³/mol. The SMILES string of the molecule is CCc1nnnn1-c1ccccc1NC(=O)c1nn(C(C)C)c(=O)c2ccccc12. The molecule has 0 spiro atoms. The molecule has 0 fully saturated rings. The third-order valence-electron chi connectivity index (χ3n) is 4.76. The van der Waals surface area contributed by atoms with Crippen LogP contribution in [0.5, 0.6) is 0 Å². The van der Waals surface area contributed by atoms with E-state index in [0.29, 0.717) is 34.4 Å². The maximum absolute atomic E-state index is 13.2. The molecule has 9 nitrogen and oxygen atoms in total. The summed E-state index contributed by atoms with van der Waals surface area (Å²) >= 11 is 0. The Bertz CT molecular complexity index is 1290. The second-order valence-electron chi connectivity index (χ2n) is 7.07. The van der Waals surface area contributed by atoms with Crippen LogP contribution in [0.4, 0.5) is 5.69 Å². The molecule has 0 saturated heterocycles. The Labute approximate surface area is 172 Å². The normalized spacial score (nSPS) is 11.2. The van der Waals surface area contributed by atoms with Crippen LogP contribution in [0.15, 0.2) is 53.3 Å². The van der Waals surface area contributed by atoms with E-state index in [1.54, 1.807) is 35.0 Å². The first-order valence-corrected chi connectivity index (χ1v) is 9.70. The highest BCUT2D eigenvalue weighted by atomic mass is 16.2. The van der Waals surface area contributed by atoms with E-state index in [9.17, 15) is 9.59 Å². The zero-order valence-electron chi connectivity index (χ0n) is 16.9. The number of nitrogens with one attached hydrogen (secondary N) is 1. The van der Waals surface area contributed by atoms with Crippen molar-refractivity contribution < 1.29 is 4.79 Å². The number of anilines is 1. The number of benzene rings is 2. The monoisotopic (exact) mass is 403 g/mol. The zero-order valence-corrected chi connectivity index (χ0v) is 16.9. The van der Waals surface area contributed by atoms with Crippen molar-refractivity contribution in [1.29, 1.82) is 0 Å². The number of tetrazole rings is 1. The molecule has 2 aromatic carbocycles. The first-order valence-electron chi connectivity index (χ1n) is 9.70. The minimum atomic E-state index is -0.417. The minimum absolute atomic E-state index is 0.182. The van der Waals surface area contributed by atoms with Crippen molar-refractivity contribution in [2.45, 2.75) is 33.2 Å². The molecule has 0 saturated carbocycles. The average molecular weight is 403 g/mol. The second kappa shape index (κ2) is 7.86. The number of para-hydroxylation sites is 2. The highest BCUT2D eigenvalue weighted by Gasteiger charge is 2.20. The third-order valence-corrected chi connectivity index (χ3v) is 4.76. The van der Waals surface area contributed by atoms with Gasteiger partial charge in [-0.05, 0) is 42.5 Å². The largest absolute Gasteiger partial charge is 0.319 e. The molecule has 4 rings (SSSR count). The van der Waals surface area contributed by atoms with Gasteiger partial charge < -0.3 is 5.32 Å². The van der Waals surface area contributed by atoms with Gasteiger partial charge in [-0.3, -0.25) is 9.59 Å². The van der Waals surface area contributed by atoms with Crippen molar-refractivity contribution in [1.82, 2.24) is 30.0 Å². The van der Waals surface area contributed by atoms with E-state index in [1.165, 1.54) is 4.68 Å². The standard InChI is InChI=1S/C21H21N7O2/c1-4-18-23-25-26-28(18)17-12-8-7-11-16(17)22-20(29)19-14-9-5-6-10-15(14)21(30)27(24-19)13(2)3/h5-13H,4H2,1-3H3,(H,22,29). The number of aryl methyl sites for hydroxylation is 1. The molecular formula is C21H21N7O2. The van der Waals surface area contributed by atoms with Crippen LogP contribution in [-0.4, -0.2) is 35.9 Å². The van der Waals surface area contributed by atoms with Crippen molar-refractivity contribution in [3.8, 4) is 5.69 Å². The number of carbonyl (C=O) groups is 1. The van der Waals surface area contributed by atoms with Crippen molar-refractivity contribution in [2.24, 2.45) is 0 Å². The fraction of sp³-hybridized carbons (Fsp3) is 0.238. The molecule has 152 valence electrons. The number of hydrogen-bond donors (Lipinski definition) is 1. The van der Waals surface area contributed by atoms with Gasteiger partial charge in [-0.1, -0.05) is 37.3 Å². The molecule has 0 unspecified atom stereocenters. The molecule has 1 amide bonds. The van der Waals surface area contributed by atoms with Crippen LogP contribution in [0.2, 0.25) is 0 Å². The van der Waals surface area contributed by atoms with E-state index in [-0.39, 0.29) is 17.3 Å².